The standard InChI is InChI=1S/C18H31NSi/c1-7-8-12-15-19(4)18(16(2)3)20(5,6)17-13-10-9-11-14-17/h7-11,13-14,16,18H,12,15H2,1-6H3/b8-7+. The Hall–Kier alpha value is -0.863. The van der Waals surface area contributed by atoms with Gasteiger partial charge in [-0.15, -0.1) is 0 Å². The zero-order valence-electron chi connectivity index (χ0n) is 14.1. The Morgan fingerprint density at radius 3 is 2.25 bits per heavy atom. The third-order valence-electron chi connectivity index (χ3n) is 4.25. The maximum absolute atomic E-state index is 2.59. The van der Waals surface area contributed by atoms with E-state index >= 15 is 0 Å². The van der Waals surface area contributed by atoms with Crippen LogP contribution in [-0.4, -0.2) is 32.2 Å². The molecule has 0 fully saturated rings. The predicted octanol–water partition coefficient (Wildman–Crippen LogP) is 4.06. The van der Waals surface area contributed by atoms with E-state index in [4.69, 9.17) is 0 Å². The molecule has 0 N–H and O–H groups in total. The first-order valence-corrected chi connectivity index (χ1v) is 10.9. The normalized spacial score (nSPS) is 14.4. The van der Waals surface area contributed by atoms with Crippen molar-refractivity contribution in [3.8, 4) is 0 Å². The third-order valence-corrected chi connectivity index (χ3v) is 8.66. The van der Waals surface area contributed by atoms with Crippen molar-refractivity contribution in [3.05, 3.63) is 42.5 Å². The van der Waals surface area contributed by atoms with Crippen LogP contribution in [0.15, 0.2) is 42.5 Å². The van der Waals surface area contributed by atoms with Crippen LogP contribution in [0.1, 0.15) is 27.2 Å². The van der Waals surface area contributed by atoms with E-state index in [-0.39, 0.29) is 0 Å². The van der Waals surface area contributed by atoms with E-state index in [1.165, 1.54) is 0 Å². The zero-order chi connectivity index (χ0) is 15.2. The van der Waals surface area contributed by atoms with E-state index in [0.717, 1.165) is 13.0 Å². The van der Waals surface area contributed by atoms with E-state index < -0.39 is 8.07 Å². The lowest BCUT2D eigenvalue weighted by molar-refractivity contribution is 0.255. The topological polar surface area (TPSA) is 3.24 Å². The van der Waals surface area contributed by atoms with E-state index in [2.05, 4.69) is 88.3 Å². The van der Waals surface area contributed by atoms with Gasteiger partial charge in [0.15, 0.2) is 0 Å². The van der Waals surface area contributed by atoms with Gasteiger partial charge in [-0.2, -0.15) is 0 Å². The molecular weight excluding hydrogens is 258 g/mol. The van der Waals surface area contributed by atoms with Crippen LogP contribution in [0.4, 0.5) is 0 Å². The SMILES string of the molecule is C/C=C/CCN(C)C(C(C)C)[Si](C)(C)c1ccccc1. The number of benzene rings is 1. The number of allylic oxidation sites excluding steroid dienone is 1. The van der Waals surface area contributed by atoms with Crippen LogP contribution in [0.2, 0.25) is 13.1 Å². The molecule has 2 heteroatoms. The summed E-state index contributed by atoms with van der Waals surface area (Å²) in [6.45, 7) is 13.0. The summed E-state index contributed by atoms with van der Waals surface area (Å²) in [7, 11) is 0.804. The van der Waals surface area contributed by atoms with Crippen molar-refractivity contribution < 1.29 is 0 Å². The van der Waals surface area contributed by atoms with Crippen molar-refractivity contribution in [2.75, 3.05) is 13.6 Å². The van der Waals surface area contributed by atoms with Gasteiger partial charge in [0.1, 0.15) is 0 Å². The maximum Gasteiger partial charge on any atom is 0.0990 e. The van der Waals surface area contributed by atoms with E-state index in [9.17, 15) is 0 Å². The number of rotatable bonds is 7. The highest BCUT2D eigenvalue weighted by atomic mass is 28.3. The average Bonchev–Trinajstić information content (AvgIpc) is 2.39. The monoisotopic (exact) mass is 289 g/mol. The first kappa shape index (κ1) is 17.2. The third kappa shape index (κ3) is 4.32. The van der Waals surface area contributed by atoms with Crippen molar-refractivity contribution in [2.45, 2.75) is 46.0 Å². The van der Waals surface area contributed by atoms with Gasteiger partial charge in [0.2, 0.25) is 0 Å². The molecule has 0 aliphatic rings. The molecule has 0 radical (unpaired) electrons. The van der Waals surface area contributed by atoms with Crippen molar-refractivity contribution >= 4 is 13.3 Å². The Labute approximate surface area is 126 Å². The molecule has 1 aromatic carbocycles. The summed E-state index contributed by atoms with van der Waals surface area (Å²) in [4.78, 5) is 2.59. The Bertz CT molecular complexity index is 409. The van der Waals surface area contributed by atoms with Gasteiger partial charge in [-0.05, 0) is 26.3 Å². The van der Waals surface area contributed by atoms with E-state index in [1.807, 2.05) is 0 Å². The van der Waals surface area contributed by atoms with Gasteiger partial charge >= 0.3 is 0 Å². The van der Waals surface area contributed by atoms with Crippen molar-refractivity contribution in [1.82, 2.24) is 4.90 Å². The van der Waals surface area contributed by atoms with Crippen LogP contribution < -0.4 is 5.19 Å². The first-order chi connectivity index (χ1) is 9.41. The minimum Gasteiger partial charge on any atom is -0.305 e. The molecule has 1 atom stereocenters. The smallest absolute Gasteiger partial charge is 0.0990 e. The van der Waals surface area contributed by atoms with Crippen LogP contribution in [-0.2, 0) is 0 Å². The number of nitrogens with zero attached hydrogens (tertiary/aromatic N) is 1. The van der Waals surface area contributed by atoms with E-state index in [0.29, 0.717) is 11.6 Å². The summed E-state index contributed by atoms with van der Waals surface area (Å²) in [5.41, 5.74) is 0.676. The van der Waals surface area contributed by atoms with Crippen LogP contribution in [0.3, 0.4) is 0 Å². The average molecular weight is 290 g/mol. The molecule has 1 aromatic rings. The second-order valence-electron chi connectivity index (χ2n) is 6.61. The Morgan fingerprint density at radius 2 is 1.75 bits per heavy atom. The van der Waals surface area contributed by atoms with Crippen molar-refractivity contribution in [2.24, 2.45) is 5.92 Å². The summed E-state index contributed by atoms with van der Waals surface area (Å²) in [5, 5.41) is 1.57. The van der Waals surface area contributed by atoms with Gasteiger partial charge < -0.3 is 4.90 Å². The molecule has 0 heterocycles. The highest BCUT2D eigenvalue weighted by Gasteiger charge is 2.37. The molecule has 0 saturated heterocycles. The van der Waals surface area contributed by atoms with Gasteiger partial charge in [-0.25, -0.2) is 0 Å². The lowest BCUT2D eigenvalue weighted by Crippen LogP contribution is -2.61. The molecule has 1 nitrogen and oxygen atoms in total. The van der Waals surface area contributed by atoms with Gasteiger partial charge in [-0.1, -0.05) is 74.6 Å². The van der Waals surface area contributed by atoms with Crippen molar-refractivity contribution in [1.29, 1.82) is 0 Å². The van der Waals surface area contributed by atoms with Gasteiger partial charge in [0.25, 0.3) is 0 Å². The highest BCUT2D eigenvalue weighted by Crippen LogP contribution is 2.22. The zero-order valence-corrected chi connectivity index (χ0v) is 15.1. The van der Waals surface area contributed by atoms with Gasteiger partial charge in [-0.3, -0.25) is 0 Å². The Kier molecular flexibility index (Phi) is 6.70. The molecule has 0 aliphatic carbocycles. The second kappa shape index (κ2) is 7.80. The minimum absolute atomic E-state index is 0.676. The second-order valence-corrected chi connectivity index (χ2v) is 11.2. The number of hydrogen-bond acceptors (Lipinski definition) is 1. The molecule has 0 aliphatic heterocycles. The molecule has 0 bridgehead atoms. The molecule has 0 spiro atoms. The van der Waals surface area contributed by atoms with Crippen LogP contribution >= 0.6 is 0 Å². The Balaban J connectivity index is 2.94. The molecule has 112 valence electrons. The predicted molar refractivity (Wildman–Crippen MR) is 94.2 cm³/mol. The summed E-state index contributed by atoms with van der Waals surface area (Å²) < 4.78 is 0. The molecule has 0 amide bonds. The fourth-order valence-electron chi connectivity index (χ4n) is 3.52. The lowest BCUT2D eigenvalue weighted by atomic mass is 10.2. The summed E-state index contributed by atoms with van der Waals surface area (Å²) in [6, 6.07) is 11.1. The molecule has 1 rings (SSSR count). The summed E-state index contributed by atoms with van der Waals surface area (Å²) in [6.07, 6.45) is 5.57. The van der Waals surface area contributed by atoms with Crippen molar-refractivity contribution in [3.63, 3.8) is 0 Å². The maximum atomic E-state index is 2.59. The summed E-state index contributed by atoms with van der Waals surface area (Å²) in [5.74, 6) is 0.687. The fourth-order valence-corrected chi connectivity index (χ4v) is 7.81. The molecule has 0 saturated carbocycles. The molecule has 0 aromatic heterocycles. The molecule has 1 unspecified atom stereocenters. The first-order valence-electron chi connectivity index (χ1n) is 7.78. The Morgan fingerprint density at radius 1 is 1.15 bits per heavy atom. The van der Waals surface area contributed by atoms with E-state index in [1.54, 1.807) is 5.19 Å². The lowest BCUT2D eigenvalue weighted by Gasteiger charge is -2.42. The largest absolute Gasteiger partial charge is 0.305 e. The number of hydrogen-bond donors (Lipinski definition) is 0. The van der Waals surface area contributed by atoms with Gasteiger partial charge in [0, 0.05) is 12.2 Å². The van der Waals surface area contributed by atoms with Crippen LogP contribution in [0, 0.1) is 5.92 Å². The quantitative estimate of drug-likeness (QED) is 0.540. The molecule has 20 heavy (non-hydrogen) atoms. The van der Waals surface area contributed by atoms with Crippen LogP contribution in [0.5, 0.6) is 0 Å². The summed E-state index contributed by atoms with van der Waals surface area (Å²) >= 11 is 0. The highest BCUT2D eigenvalue weighted by molar-refractivity contribution is 6.91. The van der Waals surface area contributed by atoms with Gasteiger partial charge in [0.05, 0.1) is 8.07 Å². The molecular formula is C18H31NSi. The fraction of sp³-hybridized carbons (Fsp3) is 0.556. The minimum atomic E-state index is -1.49. The van der Waals surface area contributed by atoms with Crippen LogP contribution in [0.25, 0.3) is 0 Å².